The number of hydrogen-bond donors (Lipinski definition) is 2. The highest BCUT2D eigenvalue weighted by Gasteiger charge is 2.30. The van der Waals surface area contributed by atoms with Gasteiger partial charge in [-0.15, -0.1) is 0 Å². The van der Waals surface area contributed by atoms with Gasteiger partial charge in [-0.2, -0.15) is 5.26 Å². The van der Waals surface area contributed by atoms with Crippen molar-refractivity contribution in [1.29, 1.82) is 5.26 Å². The van der Waals surface area contributed by atoms with Crippen LogP contribution in [0.25, 0.3) is 5.57 Å². The summed E-state index contributed by atoms with van der Waals surface area (Å²) in [5, 5.41) is 22.8. The number of nitriles is 1. The fourth-order valence-corrected chi connectivity index (χ4v) is 2.26. The lowest BCUT2D eigenvalue weighted by molar-refractivity contribution is 0.0201. The summed E-state index contributed by atoms with van der Waals surface area (Å²) in [6.07, 6.45) is 8.29. The Balaban J connectivity index is 3.24. The number of aliphatic hydroxyl groups is 1. The maximum absolute atomic E-state index is 10.9. The largest absolute Gasteiger partial charge is 0.383 e. The van der Waals surface area contributed by atoms with Crippen LogP contribution in [0.2, 0.25) is 0 Å². The lowest BCUT2D eigenvalue weighted by Gasteiger charge is -2.24. The standard InChI is InChI=1S/C18H26N4O/c1-6-15(9-8-14(3)12-19)17-21-16(13-22(17)5)18(23,7-2)10-11-20-4/h6,8-9,13,20,23H,1,7,10-11H2,2-5H3/b14-8+,15-9+. The number of hydrogen-bond acceptors (Lipinski definition) is 4. The normalized spacial score (nSPS) is 15.1. The minimum absolute atomic E-state index is 0.589. The number of nitrogens with zero attached hydrogens (tertiary/aromatic N) is 3. The van der Waals surface area contributed by atoms with E-state index in [-0.39, 0.29) is 0 Å². The van der Waals surface area contributed by atoms with E-state index in [4.69, 9.17) is 5.26 Å². The van der Waals surface area contributed by atoms with Crippen LogP contribution in [0.5, 0.6) is 0 Å². The smallest absolute Gasteiger partial charge is 0.140 e. The first kappa shape index (κ1) is 18.9. The molecule has 5 heteroatoms. The molecule has 0 spiro atoms. The molecule has 0 amide bonds. The third-order valence-electron chi connectivity index (χ3n) is 3.89. The molecule has 1 heterocycles. The Morgan fingerprint density at radius 1 is 1.57 bits per heavy atom. The molecule has 0 aliphatic heterocycles. The van der Waals surface area contributed by atoms with Gasteiger partial charge >= 0.3 is 0 Å². The third-order valence-corrected chi connectivity index (χ3v) is 3.89. The van der Waals surface area contributed by atoms with Crippen molar-refractivity contribution in [3.8, 4) is 6.07 Å². The van der Waals surface area contributed by atoms with Crippen molar-refractivity contribution in [3.05, 3.63) is 48.1 Å². The minimum Gasteiger partial charge on any atom is -0.383 e. The van der Waals surface area contributed by atoms with E-state index < -0.39 is 5.60 Å². The first-order chi connectivity index (χ1) is 10.9. The molecule has 0 aromatic carbocycles. The summed E-state index contributed by atoms with van der Waals surface area (Å²) in [5.74, 6) is 0.716. The molecule has 0 aliphatic carbocycles. The van der Waals surface area contributed by atoms with Crippen molar-refractivity contribution >= 4 is 5.57 Å². The SMILES string of the molecule is C=C/C(=C\C=C(/C)C#N)c1nc(C(O)(CC)CCNC)cn1C. The Morgan fingerprint density at radius 3 is 2.78 bits per heavy atom. The summed E-state index contributed by atoms with van der Waals surface area (Å²) in [7, 11) is 3.75. The number of nitrogens with one attached hydrogen (secondary N) is 1. The van der Waals surface area contributed by atoms with Crippen LogP contribution in [-0.4, -0.2) is 28.3 Å². The highest BCUT2D eigenvalue weighted by Crippen LogP contribution is 2.29. The molecule has 0 fully saturated rings. The molecular weight excluding hydrogens is 288 g/mol. The molecule has 0 bridgehead atoms. The maximum Gasteiger partial charge on any atom is 0.140 e. The van der Waals surface area contributed by atoms with E-state index in [0.717, 1.165) is 5.57 Å². The van der Waals surface area contributed by atoms with Gasteiger partial charge < -0.3 is 15.0 Å². The molecule has 5 nitrogen and oxygen atoms in total. The zero-order valence-electron chi connectivity index (χ0n) is 14.4. The van der Waals surface area contributed by atoms with Gasteiger partial charge in [0.2, 0.25) is 0 Å². The monoisotopic (exact) mass is 314 g/mol. The van der Waals surface area contributed by atoms with Gasteiger partial charge in [0.1, 0.15) is 11.4 Å². The van der Waals surface area contributed by atoms with Gasteiger partial charge in [0.15, 0.2) is 0 Å². The molecule has 2 N–H and O–H groups in total. The van der Waals surface area contributed by atoms with Crippen molar-refractivity contribution in [1.82, 2.24) is 14.9 Å². The van der Waals surface area contributed by atoms with E-state index in [1.807, 2.05) is 37.9 Å². The summed E-state index contributed by atoms with van der Waals surface area (Å²) >= 11 is 0. The van der Waals surface area contributed by atoms with Gasteiger partial charge in [-0.25, -0.2) is 4.98 Å². The number of aryl methyl sites for hydroxylation is 1. The van der Waals surface area contributed by atoms with Gasteiger partial charge in [-0.3, -0.25) is 0 Å². The molecule has 0 saturated carbocycles. The summed E-state index contributed by atoms with van der Waals surface area (Å²) in [5.41, 5.74) is 1.11. The molecule has 1 rings (SSSR count). The van der Waals surface area contributed by atoms with E-state index in [1.165, 1.54) is 0 Å². The van der Waals surface area contributed by atoms with Crippen LogP contribution in [0.15, 0.2) is 36.6 Å². The van der Waals surface area contributed by atoms with E-state index >= 15 is 0 Å². The Labute approximate surface area is 138 Å². The first-order valence-corrected chi connectivity index (χ1v) is 7.74. The van der Waals surface area contributed by atoms with E-state index in [9.17, 15) is 5.11 Å². The first-order valence-electron chi connectivity index (χ1n) is 7.74. The van der Waals surface area contributed by atoms with Crippen LogP contribution in [0, 0.1) is 11.3 Å². The zero-order chi connectivity index (χ0) is 17.5. The van der Waals surface area contributed by atoms with E-state index in [1.54, 1.807) is 19.1 Å². The van der Waals surface area contributed by atoms with Crippen molar-refractivity contribution in [2.24, 2.45) is 7.05 Å². The Kier molecular flexibility index (Phi) is 6.95. The fourth-order valence-electron chi connectivity index (χ4n) is 2.26. The van der Waals surface area contributed by atoms with Crippen LogP contribution in [0.3, 0.4) is 0 Å². The van der Waals surface area contributed by atoms with Crippen molar-refractivity contribution in [3.63, 3.8) is 0 Å². The second-order valence-corrected chi connectivity index (χ2v) is 5.59. The molecule has 1 atom stereocenters. The fraction of sp³-hybridized carbons (Fsp3) is 0.444. The molecule has 0 radical (unpaired) electrons. The summed E-state index contributed by atoms with van der Waals surface area (Å²) < 4.78 is 1.87. The van der Waals surface area contributed by atoms with Crippen LogP contribution < -0.4 is 5.32 Å². The Hall–Kier alpha value is -2.16. The molecule has 1 aromatic heterocycles. The van der Waals surface area contributed by atoms with Gasteiger partial charge in [0.25, 0.3) is 0 Å². The third kappa shape index (κ3) is 4.65. The Bertz CT molecular complexity index is 648. The van der Waals surface area contributed by atoms with Gasteiger partial charge in [0.05, 0.1) is 11.8 Å². The predicted molar refractivity (Wildman–Crippen MR) is 93.5 cm³/mol. The molecule has 0 aliphatic rings. The van der Waals surface area contributed by atoms with Crippen LogP contribution >= 0.6 is 0 Å². The van der Waals surface area contributed by atoms with Gasteiger partial charge in [-0.1, -0.05) is 25.7 Å². The van der Waals surface area contributed by atoms with Gasteiger partial charge in [-0.05, 0) is 39.4 Å². The van der Waals surface area contributed by atoms with Crippen molar-refractivity contribution in [2.45, 2.75) is 32.3 Å². The summed E-state index contributed by atoms with van der Waals surface area (Å²) in [4.78, 5) is 4.61. The average Bonchev–Trinajstić information content (AvgIpc) is 2.95. The van der Waals surface area contributed by atoms with E-state index in [0.29, 0.717) is 36.5 Å². The highest BCUT2D eigenvalue weighted by atomic mass is 16.3. The number of aromatic nitrogens is 2. The van der Waals surface area contributed by atoms with Crippen LogP contribution in [0.1, 0.15) is 38.2 Å². The molecule has 0 saturated heterocycles. The quantitative estimate of drug-likeness (QED) is 0.571. The summed E-state index contributed by atoms with van der Waals surface area (Å²) in [6.45, 7) is 8.23. The van der Waals surface area contributed by atoms with Crippen molar-refractivity contribution < 1.29 is 5.11 Å². The second kappa shape index (κ2) is 8.47. The molecule has 124 valence electrons. The predicted octanol–water partition coefficient (Wildman–Crippen LogP) is 2.67. The highest BCUT2D eigenvalue weighted by molar-refractivity contribution is 5.71. The number of rotatable bonds is 8. The zero-order valence-corrected chi connectivity index (χ0v) is 14.4. The maximum atomic E-state index is 10.9. The van der Waals surface area contributed by atoms with Crippen LogP contribution in [0.4, 0.5) is 0 Å². The average molecular weight is 314 g/mol. The summed E-state index contributed by atoms with van der Waals surface area (Å²) in [6, 6.07) is 2.08. The van der Waals surface area contributed by atoms with Crippen LogP contribution in [-0.2, 0) is 12.6 Å². The van der Waals surface area contributed by atoms with Crippen molar-refractivity contribution in [2.75, 3.05) is 13.6 Å². The Morgan fingerprint density at radius 2 is 2.26 bits per heavy atom. The lowest BCUT2D eigenvalue weighted by atomic mass is 9.93. The molecular formula is C18H26N4O. The number of allylic oxidation sites excluding steroid dienone is 5. The minimum atomic E-state index is -0.955. The molecule has 23 heavy (non-hydrogen) atoms. The lowest BCUT2D eigenvalue weighted by Crippen LogP contribution is -2.29. The topological polar surface area (TPSA) is 73.9 Å². The molecule has 1 unspecified atom stereocenters. The number of imidazole rings is 1. The van der Waals surface area contributed by atoms with E-state index in [2.05, 4.69) is 22.9 Å². The van der Waals surface area contributed by atoms with Gasteiger partial charge in [0, 0.05) is 24.4 Å². The molecule has 1 aromatic rings. The second-order valence-electron chi connectivity index (χ2n) is 5.59.